The molecule has 0 fully saturated rings. The van der Waals surface area contributed by atoms with Gasteiger partial charge in [-0.2, -0.15) is 31.3 Å². The fraction of sp³-hybridized carbons (Fsp3) is 0.714. The Morgan fingerprint density at radius 2 is 1.05 bits per heavy atom. The van der Waals surface area contributed by atoms with Gasteiger partial charge < -0.3 is 10.2 Å². The van der Waals surface area contributed by atoms with E-state index in [-0.39, 0.29) is 25.7 Å². The maximum absolute atomic E-state index is 9.58. The van der Waals surface area contributed by atoms with Crippen LogP contribution < -0.4 is 0 Å². The molecule has 2 atom stereocenters. The van der Waals surface area contributed by atoms with Gasteiger partial charge in [0.25, 0.3) is 0 Å². The molecule has 0 bridgehead atoms. The number of nitriles is 4. The fourth-order valence-electron chi connectivity index (χ4n) is 1.38. The molecule has 0 heterocycles. The van der Waals surface area contributed by atoms with Crippen LogP contribution in [0, 0.1) is 56.2 Å². The third-order valence-electron chi connectivity index (χ3n) is 3.13. The third-order valence-corrected chi connectivity index (χ3v) is 3.13. The Morgan fingerprint density at radius 3 is 1.27 bits per heavy atom. The highest BCUT2D eigenvalue weighted by atomic mass is 16.3. The molecule has 0 radical (unpaired) electrons. The first kappa shape index (κ1) is 19.5. The molecule has 22 heavy (non-hydrogen) atoms. The lowest BCUT2D eigenvalue weighted by atomic mass is 9.89. The van der Waals surface area contributed by atoms with Crippen LogP contribution in [-0.4, -0.2) is 22.7 Å². The first-order valence-corrected chi connectivity index (χ1v) is 6.65. The molecule has 0 rings (SSSR count). The smallest absolute Gasteiger partial charge is 0.165 e. The summed E-state index contributed by atoms with van der Waals surface area (Å²) in [5.41, 5.74) is -2.40. The van der Waals surface area contributed by atoms with Crippen LogP contribution in [0.2, 0.25) is 0 Å². The lowest BCUT2D eigenvalue weighted by Crippen LogP contribution is -2.16. The number of aliphatic hydroxyl groups is 2. The Hall–Kier alpha value is -2.52. The SMILES string of the molecule is CC(C#N)(C#N)CCC(O)/N=N/C(O)CCC(C)(C#N)C#N. The molecule has 0 aromatic carbocycles. The maximum atomic E-state index is 9.58. The molecule has 0 saturated carbocycles. The molecule has 2 N–H and O–H groups in total. The van der Waals surface area contributed by atoms with E-state index in [1.165, 1.54) is 13.8 Å². The van der Waals surface area contributed by atoms with Crippen LogP contribution in [0.5, 0.6) is 0 Å². The first-order chi connectivity index (χ1) is 10.2. The molecule has 8 nitrogen and oxygen atoms in total. The topological polar surface area (TPSA) is 160 Å². The molecule has 116 valence electrons. The Labute approximate surface area is 129 Å². The predicted molar refractivity (Wildman–Crippen MR) is 74.0 cm³/mol. The van der Waals surface area contributed by atoms with Crippen molar-refractivity contribution in [2.45, 2.75) is 52.0 Å². The lowest BCUT2D eigenvalue weighted by molar-refractivity contribution is 0.121. The Bertz CT molecular complexity index is 482. The van der Waals surface area contributed by atoms with Crippen molar-refractivity contribution >= 4 is 0 Å². The molecular weight excluding hydrogens is 284 g/mol. The molecule has 0 amide bonds. The van der Waals surface area contributed by atoms with E-state index in [9.17, 15) is 10.2 Å². The summed E-state index contributed by atoms with van der Waals surface area (Å²) in [6, 6.07) is 7.37. The van der Waals surface area contributed by atoms with E-state index < -0.39 is 23.3 Å². The van der Waals surface area contributed by atoms with E-state index in [0.717, 1.165) is 0 Å². The lowest BCUT2D eigenvalue weighted by Gasteiger charge is -2.14. The van der Waals surface area contributed by atoms with Gasteiger partial charge >= 0.3 is 0 Å². The molecule has 0 spiro atoms. The summed E-state index contributed by atoms with van der Waals surface area (Å²) < 4.78 is 0. The summed E-state index contributed by atoms with van der Waals surface area (Å²) in [6.07, 6.45) is -2.10. The second-order valence-corrected chi connectivity index (χ2v) is 5.38. The minimum Gasteiger partial charge on any atom is -0.370 e. The zero-order chi connectivity index (χ0) is 17.2. The molecule has 0 aromatic rings. The van der Waals surface area contributed by atoms with Gasteiger partial charge in [-0.15, -0.1) is 0 Å². The van der Waals surface area contributed by atoms with E-state index in [4.69, 9.17) is 21.0 Å². The summed E-state index contributed by atoms with van der Waals surface area (Å²) in [4.78, 5) is 0. The highest BCUT2D eigenvalue weighted by molar-refractivity contribution is 5.11. The van der Waals surface area contributed by atoms with Crippen molar-refractivity contribution in [2.24, 2.45) is 21.1 Å². The van der Waals surface area contributed by atoms with Crippen molar-refractivity contribution in [1.82, 2.24) is 0 Å². The van der Waals surface area contributed by atoms with E-state index >= 15 is 0 Å². The highest BCUT2D eigenvalue weighted by Crippen LogP contribution is 2.23. The van der Waals surface area contributed by atoms with E-state index in [2.05, 4.69) is 10.2 Å². The van der Waals surface area contributed by atoms with Gasteiger partial charge in [-0.3, -0.25) is 0 Å². The predicted octanol–water partition coefficient (Wildman–Crippen LogP) is 1.74. The van der Waals surface area contributed by atoms with Gasteiger partial charge in [0.2, 0.25) is 0 Å². The molecule has 2 unspecified atom stereocenters. The van der Waals surface area contributed by atoms with Gasteiger partial charge in [-0.25, -0.2) is 0 Å². The van der Waals surface area contributed by atoms with Gasteiger partial charge in [-0.1, -0.05) is 0 Å². The Balaban J connectivity index is 4.33. The largest absolute Gasteiger partial charge is 0.370 e. The van der Waals surface area contributed by atoms with Crippen LogP contribution >= 0.6 is 0 Å². The Kier molecular flexibility index (Phi) is 7.70. The summed E-state index contributed by atoms with van der Waals surface area (Å²) in [5.74, 6) is 0. The number of hydrogen-bond donors (Lipinski definition) is 2. The number of nitrogens with zero attached hydrogens (tertiary/aromatic N) is 6. The molecule has 0 aliphatic heterocycles. The second-order valence-electron chi connectivity index (χ2n) is 5.38. The first-order valence-electron chi connectivity index (χ1n) is 6.65. The summed E-state index contributed by atoms with van der Waals surface area (Å²) >= 11 is 0. The quantitative estimate of drug-likeness (QED) is 0.649. The third kappa shape index (κ3) is 6.77. The Morgan fingerprint density at radius 1 is 0.773 bits per heavy atom. The van der Waals surface area contributed by atoms with Crippen molar-refractivity contribution in [3.8, 4) is 24.3 Å². The van der Waals surface area contributed by atoms with E-state index in [0.29, 0.717) is 0 Å². The van der Waals surface area contributed by atoms with Gasteiger partial charge in [0.15, 0.2) is 12.5 Å². The van der Waals surface area contributed by atoms with Crippen molar-refractivity contribution in [3.05, 3.63) is 0 Å². The summed E-state index contributed by atoms with van der Waals surface area (Å²) in [6.45, 7) is 2.91. The monoisotopic (exact) mass is 302 g/mol. The number of hydrogen-bond acceptors (Lipinski definition) is 8. The number of azo groups is 1. The molecular formula is C14H18N6O2. The van der Waals surface area contributed by atoms with Gasteiger partial charge in [0.1, 0.15) is 10.8 Å². The maximum Gasteiger partial charge on any atom is 0.165 e. The van der Waals surface area contributed by atoms with Crippen molar-refractivity contribution in [2.75, 3.05) is 0 Å². The highest BCUT2D eigenvalue weighted by Gasteiger charge is 2.25. The number of rotatable bonds is 8. The molecule has 0 saturated heterocycles. The molecule has 0 aromatic heterocycles. The van der Waals surface area contributed by atoms with E-state index in [1.807, 2.05) is 24.3 Å². The van der Waals surface area contributed by atoms with Crippen molar-refractivity contribution < 1.29 is 10.2 Å². The molecule has 0 aliphatic carbocycles. The van der Waals surface area contributed by atoms with Crippen LogP contribution in [0.3, 0.4) is 0 Å². The standard InChI is InChI=1S/C14H18N6O2/c1-13(7-15,8-16)5-3-11(21)19-20-12(22)4-6-14(2,9-17)10-18/h11-12,21-22H,3-6H2,1-2H3/b20-19+. The van der Waals surface area contributed by atoms with Gasteiger partial charge in [0, 0.05) is 0 Å². The van der Waals surface area contributed by atoms with Crippen LogP contribution in [0.15, 0.2) is 10.2 Å². The van der Waals surface area contributed by atoms with Crippen LogP contribution in [0.1, 0.15) is 39.5 Å². The zero-order valence-corrected chi connectivity index (χ0v) is 12.6. The molecule has 8 heteroatoms. The van der Waals surface area contributed by atoms with Crippen molar-refractivity contribution in [3.63, 3.8) is 0 Å². The van der Waals surface area contributed by atoms with Gasteiger partial charge in [0.05, 0.1) is 24.3 Å². The van der Waals surface area contributed by atoms with Crippen LogP contribution in [0.4, 0.5) is 0 Å². The van der Waals surface area contributed by atoms with Gasteiger partial charge in [-0.05, 0) is 39.5 Å². The summed E-state index contributed by atoms with van der Waals surface area (Å²) in [7, 11) is 0. The van der Waals surface area contributed by atoms with Crippen LogP contribution in [0.25, 0.3) is 0 Å². The number of aliphatic hydroxyl groups excluding tert-OH is 2. The zero-order valence-electron chi connectivity index (χ0n) is 12.6. The average Bonchev–Trinajstić information content (AvgIpc) is 2.55. The minimum absolute atomic E-state index is 0.0575. The van der Waals surface area contributed by atoms with E-state index in [1.54, 1.807) is 0 Å². The van der Waals surface area contributed by atoms with Crippen molar-refractivity contribution in [1.29, 1.82) is 21.0 Å². The average molecular weight is 302 g/mol. The minimum atomic E-state index is -1.23. The molecule has 0 aliphatic rings. The second kappa shape index (κ2) is 8.70. The summed E-state index contributed by atoms with van der Waals surface area (Å²) in [5, 5.41) is 61.4. The normalized spacial score (nSPS) is 14.4. The fourth-order valence-corrected chi connectivity index (χ4v) is 1.38. The van der Waals surface area contributed by atoms with Crippen LogP contribution in [-0.2, 0) is 0 Å².